The molecule has 0 fully saturated rings. The maximum absolute atomic E-state index is 12.1. The molecule has 0 bridgehead atoms. The van der Waals surface area contributed by atoms with Gasteiger partial charge in [-0.2, -0.15) is 5.10 Å². The van der Waals surface area contributed by atoms with Crippen LogP contribution in [-0.2, 0) is 11.3 Å². The Morgan fingerprint density at radius 1 is 1.33 bits per heavy atom. The van der Waals surface area contributed by atoms with Crippen LogP contribution in [0.4, 0.5) is 0 Å². The van der Waals surface area contributed by atoms with Gasteiger partial charge in [0.05, 0.1) is 25.4 Å². The first kappa shape index (κ1) is 17.5. The number of carboxylic acids is 1. The van der Waals surface area contributed by atoms with E-state index < -0.39 is 17.9 Å². The topological polar surface area (TPSA) is 93.5 Å². The third kappa shape index (κ3) is 4.58. The number of hydrogen-bond donors (Lipinski definition) is 2. The van der Waals surface area contributed by atoms with Gasteiger partial charge in [-0.1, -0.05) is 25.5 Å². The number of rotatable bonds is 8. The number of benzene rings is 1. The van der Waals surface area contributed by atoms with E-state index in [0.29, 0.717) is 24.9 Å². The average molecular weight is 331 g/mol. The minimum atomic E-state index is -1.03. The Morgan fingerprint density at radius 2 is 2.04 bits per heavy atom. The number of ether oxygens (including phenoxy) is 1. The van der Waals surface area contributed by atoms with Gasteiger partial charge < -0.3 is 15.2 Å². The van der Waals surface area contributed by atoms with Crippen LogP contribution in [0.25, 0.3) is 0 Å². The zero-order valence-corrected chi connectivity index (χ0v) is 13.7. The Balaban J connectivity index is 2.00. The average Bonchev–Trinajstić information content (AvgIpc) is 3.03. The highest BCUT2D eigenvalue weighted by atomic mass is 16.5. The molecule has 7 nitrogen and oxygen atoms in total. The summed E-state index contributed by atoms with van der Waals surface area (Å²) in [6, 6.07) is 6.67. The van der Waals surface area contributed by atoms with Crippen molar-refractivity contribution in [2.24, 2.45) is 0 Å². The fourth-order valence-electron chi connectivity index (χ4n) is 2.27. The number of amides is 1. The highest BCUT2D eigenvalue weighted by molar-refractivity contribution is 5.96. The van der Waals surface area contributed by atoms with Crippen molar-refractivity contribution in [2.75, 3.05) is 7.11 Å². The zero-order chi connectivity index (χ0) is 17.5. The molecule has 1 amide bonds. The molecule has 0 spiro atoms. The fraction of sp³-hybridized carbons (Fsp3) is 0.353. The van der Waals surface area contributed by atoms with Gasteiger partial charge in [-0.15, -0.1) is 0 Å². The maximum atomic E-state index is 12.1. The fourth-order valence-corrected chi connectivity index (χ4v) is 2.27. The quantitative estimate of drug-likeness (QED) is 0.771. The van der Waals surface area contributed by atoms with Gasteiger partial charge in [0.25, 0.3) is 5.91 Å². The molecule has 0 aliphatic heterocycles. The number of nitrogens with one attached hydrogen (secondary N) is 1. The van der Waals surface area contributed by atoms with Crippen molar-refractivity contribution in [2.45, 2.75) is 32.4 Å². The van der Waals surface area contributed by atoms with Crippen LogP contribution in [0.15, 0.2) is 36.7 Å². The van der Waals surface area contributed by atoms with Crippen LogP contribution < -0.4 is 10.1 Å². The molecule has 1 aromatic carbocycles. The molecule has 0 aliphatic rings. The van der Waals surface area contributed by atoms with Gasteiger partial charge in [0, 0.05) is 6.20 Å². The van der Waals surface area contributed by atoms with Crippen LogP contribution in [0.2, 0.25) is 0 Å². The number of nitrogens with zero attached hydrogens (tertiary/aromatic N) is 2. The molecular weight excluding hydrogens is 310 g/mol. The summed E-state index contributed by atoms with van der Waals surface area (Å²) in [4.78, 5) is 23.2. The monoisotopic (exact) mass is 331 g/mol. The molecule has 2 rings (SSSR count). The zero-order valence-electron chi connectivity index (χ0n) is 13.7. The van der Waals surface area contributed by atoms with Crippen LogP contribution >= 0.6 is 0 Å². The minimum absolute atomic E-state index is 0.339. The molecule has 2 aromatic rings. The Morgan fingerprint density at radius 3 is 2.62 bits per heavy atom. The molecule has 0 aliphatic carbocycles. The number of methoxy groups -OCH3 is 1. The van der Waals surface area contributed by atoms with E-state index in [1.165, 1.54) is 6.20 Å². The minimum Gasteiger partial charge on any atom is -0.497 e. The molecule has 1 atom stereocenters. The lowest BCUT2D eigenvalue weighted by molar-refractivity contribution is -0.139. The lowest BCUT2D eigenvalue weighted by Crippen LogP contribution is -2.40. The number of aliphatic carboxylic acids is 1. The number of carbonyl (C=O) groups is 2. The van der Waals surface area contributed by atoms with Crippen molar-refractivity contribution in [3.8, 4) is 5.75 Å². The molecule has 128 valence electrons. The van der Waals surface area contributed by atoms with E-state index in [9.17, 15) is 9.59 Å². The second-order valence-electron chi connectivity index (χ2n) is 5.43. The second-order valence-corrected chi connectivity index (χ2v) is 5.43. The van der Waals surface area contributed by atoms with Gasteiger partial charge in [0.1, 0.15) is 11.8 Å². The van der Waals surface area contributed by atoms with Crippen molar-refractivity contribution < 1.29 is 19.4 Å². The van der Waals surface area contributed by atoms with Crippen LogP contribution in [0, 0.1) is 0 Å². The molecule has 0 radical (unpaired) electrons. The first-order valence-corrected chi connectivity index (χ1v) is 7.72. The van der Waals surface area contributed by atoms with E-state index in [2.05, 4.69) is 10.4 Å². The molecule has 0 saturated heterocycles. The Hall–Kier alpha value is -2.83. The SMILES string of the molecule is CCCC(NC(=O)c1cnn(Cc2ccc(OC)cc2)c1)C(=O)O. The van der Waals surface area contributed by atoms with E-state index in [4.69, 9.17) is 9.84 Å². The largest absolute Gasteiger partial charge is 0.497 e. The maximum Gasteiger partial charge on any atom is 0.326 e. The Kier molecular flexibility index (Phi) is 5.95. The summed E-state index contributed by atoms with van der Waals surface area (Å²) in [5.41, 5.74) is 1.35. The van der Waals surface area contributed by atoms with Crippen molar-refractivity contribution >= 4 is 11.9 Å². The smallest absolute Gasteiger partial charge is 0.326 e. The van der Waals surface area contributed by atoms with Crippen molar-refractivity contribution in [1.82, 2.24) is 15.1 Å². The Bertz CT molecular complexity index is 694. The summed E-state index contributed by atoms with van der Waals surface area (Å²) >= 11 is 0. The molecule has 2 N–H and O–H groups in total. The first-order valence-electron chi connectivity index (χ1n) is 7.72. The van der Waals surface area contributed by atoms with E-state index in [0.717, 1.165) is 11.3 Å². The van der Waals surface area contributed by atoms with Crippen molar-refractivity contribution in [3.05, 3.63) is 47.8 Å². The molecular formula is C17H21N3O4. The molecule has 0 saturated carbocycles. The normalized spacial score (nSPS) is 11.8. The van der Waals surface area contributed by atoms with Crippen molar-refractivity contribution in [1.29, 1.82) is 0 Å². The first-order chi connectivity index (χ1) is 11.5. The van der Waals surface area contributed by atoms with Gasteiger partial charge in [-0.3, -0.25) is 9.48 Å². The van der Waals surface area contributed by atoms with E-state index in [-0.39, 0.29) is 0 Å². The molecule has 7 heteroatoms. The predicted molar refractivity (Wildman–Crippen MR) is 88.1 cm³/mol. The number of aromatic nitrogens is 2. The third-order valence-electron chi connectivity index (χ3n) is 3.58. The van der Waals surface area contributed by atoms with E-state index in [1.807, 2.05) is 31.2 Å². The summed E-state index contributed by atoms with van der Waals surface area (Å²) in [6.07, 6.45) is 4.10. The van der Waals surface area contributed by atoms with Crippen LogP contribution in [0.3, 0.4) is 0 Å². The lowest BCUT2D eigenvalue weighted by Gasteiger charge is -2.12. The van der Waals surface area contributed by atoms with Crippen LogP contribution in [-0.4, -0.2) is 39.9 Å². The molecule has 24 heavy (non-hydrogen) atoms. The summed E-state index contributed by atoms with van der Waals surface area (Å²) < 4.78 is 6.74. The summed E-state index contributed by atoms with van der Waals surface area (Å²) in [5, 5.41) is 15.8. The lowest BCUT2D eigenvalue weighted by atomic mass is 10.1. The van der Waals surface area contributed by atoms with Crippen molar-refractivity contribution in [3.63, 3.8) is 0 Å². The summed E-state index contributed by atoms with van der Waals surface area (Å²) in [6.45, 7) is 2.38. The molecule has 1 heterocycles. The second kappa shape index (κ2) is 8.14. The van der Waals surface area contributed by atoms with Gasteiger partial charge in [-0.05, 0) is 24.1 Å². The van der Waals surface area contributed by atoms with Gasteiger partial charge in [-0.25, -0.2) is 4.79 Å². The molecule has 1 aromatic heterocycles. The van der Waals surface area contributed by atoms with Gasteiger partial charge in [0.15, 0.2) is 0 Å². The third-order valence-corrected chi connectivity index (χ3v) is 3.58. The number of carboxylic acid groups (broad SMARTS) is 1. The predicted octanol–water partition coefficient (Wildman–Crippen LogP) is 1.92. The number of carbonyl (C=O) groups excluding carboxylic acids is 1. The standard InChI is InChI=1S/C17H21N3O4/c1-3-4-15(17(22)23)19-16(21)13-9-18-20(11-13)10-12-5-7-14(24-2)8-6-12/h5-9,11,15H,3-4,10H2,1-2H3,(H,19,21)(H,22,23). The van der Waals surface area contributed by atoms with Gasteiger partial charge in [0.2, 0.25) is 0 Å². The summed E-state index contributed by atoms with van der Waals surface area (Å²) in [5.74, 6) is -0.692. The Labute approximate surface area is 140 Å². The molecule has 1 unspecified atom stereocenters. The van der Waals surface area contributed by atoms with Gasteiger partial charge >= 0.3 is 5.97 Å². The highest BCUT2D eigenvalue weighted by Crippen LogP contribution is 2.12. The number of hydrogen-bond acceptors (Lipinski definition) is 4. The highest BCUT2D eigenvalue weighted by Gasteiger charge is 2.20. The van der Waals surface area contributed by atoms with Crippen LogP contribution in [0.5, 0.6) is 5.75 Å². The van der Waals surface area contributed by atoms with E-state index >= 15 is 0 Å². The van der Waals surface area contributed by atoms with Crippen LogP contribution in [0.1, 0.15) is 35.7 Å². The summed E-state index contributed by atoms with van der Waals surface area (Å²) in [7, 11) is 1.61. The van der Waals surface area contributed by atoms with E-state index in [1.54, 1.807) is 18.0 Å².